The highest BCUT2D eigenvalue weighted by atomic mass is 16.5. The van der Waals surface area contributed by atoms with Gasteiger partial charge in [-0.15, -0.1) is 0 Å². The van der Waals surface area contributed by atoms with Crippen LogP contribution in [0.15, 0.2) is 17.1 Å². The molecular weight excluding hydrogens is 288 g/mol. The molecule has 0 aliphatic carbocycles. The monoisotopic (exact) mass is 326 g/mol. The third kappa shape index (κ3) is 17.3. The van der Waals surface area contributed by atoms with Crippen molar-refractivity contribution in [1.29, 1.82) is 0 Å². The summed E-state index contributed by atoms with van der Waals surface area (Å²) >= 11 is 0. The van der Waals surface area contributed by atoms with Crippen molar-refractivity contribution in [3.63, 3.8) is 0 Å². The van der Waals surface area contributed by atoms with Crippen molar-refractivity contribution in [3.05, 3.63) is 12.2 Å². The Labute approximate surface area is 142 Å². The van der Waals surface area contributed by atoms with E-state index in [4.69, 9.17) is 16.7 Å². The second-order valence-corrected chi connectivity index (χ2v) is 6.00. The van der Waals surface area contributed by atoms with Gasteiger partial charge in [0.1, 0.15) is 5.84 Å². The van der Waals surface area contributed by atoms with Gasteiger partial charge >= 0.3 is 0 Å². The number of nitrogens with one attached hydrogen (secondary N) is 1. The van der Waals surface area contributed by atoms with Crippen LogP contribution in [-0.4, -0.2) is 30.7 Å². The quantitative estimate of drug-likeness (QED) is 0.115. The molecule has 5 nitrogen and oxygen atoms in total. The predicted octanol–water partition coefficient (Wildman–Crippen LogP) is 3.52. The highest BCUT2D eigenvalue weighted by molar-refractivity contribution is 5.80. The number of nitrogens with zero attached hydrogens (tertiary/aromatic N) is 1. The zero-order valence-corrected chi connectivity index (χ0v) is 14.8. The SMILES string of the molecule is NCCCC/C=C\CCCCCCC(=NCCCCCN)NO. The topological polar surface area (TPSA) is 96.7 Å². The number of hydrogen-bond acceptors (Lipinski definition) is 4. The van der Waals surface area contributed by atoms with Crippen molar-refractivity contribution in [2.24, 2.45) is 16.5 Å². The number of aliphatic imine (C=N–C) groups is 1. The molecule has 0 heterocycles. The summed E-state index contributed by atoms with van der Waals surface area (Å²) in [4.78, 5) is 4.39. The van der Waals surface area contributed by atoms with E-state index in [2.05, 4.69) is 22.6 Å². The van der Waals surface area contributed by atoms with E-state index in [0.717, 1.165) is 70.4 Å². The van der Waals surface area contributed by atoms with E-state index < -0.39 is 0 Å². The summed E-state index contributed by atoms with van der Waals surface area (Å²) in [7, 11) is 0. The maximum atomic E-state index is 9.07. The van der Waals surface area contributed by atoms with Gasteiger partial charge in [0.15, 0.2) is 0 Å². The van der Waals surface area contributed by atoms with Crippen LogP contribution in [0.25, 0.3) is 0 Å². The van der Waals surface area contributed by atoms with E-state index in [1.54, 1.807) is 0 Å². The Bertz CT molecular complexity index is 293. The molecule has 23 heavy (non-hydrogen) atoms. The fraction of sp³-hybridized carbons (Fsp3) is 0.833. The zero-order chi connectivity index (χ0) is 17.0. The van der Waals surface area contributed by atoms with Gasteiger partial charge in [-0.1, -0.05) is 31.4 Å². The van der Waals surface area contributed by atoms with Crippen molar-refractivity contribution in [2.75, 3.05) is 19.6 Å². The highest BCUT2D eigenvalue weighted by Gasteiger charge is 1.97. The van der Waals surface area contributed by atoms with Crippen molar-refractivity contribution >= 4 is 5.84 Å². The number of hydrogen-bond donors (Lipinski definition) is 4. The lowest BCUT2D eigenvalue weighted by Crippen LogP contribution is -2.19. The first-order chi connectivity index (χ1) is 11.3. The molecule has 0 spiro atoms. The number of rotatable bonds is 16. The van der Waals surface area contributed by atoms with E-state index >= 15 is 0 Å². The van der Waals surface area contributed by atoms with Gasteiger partial charge < -0.3 is 11.5 Å². The summed E-state index contributed by atoms with van der Waals surface area (Å²) in [6.07, 6.45) is 18.0. The summed E-state index contributed by atoms with van der Waals surface area (Å²) in [5, 5.41) is 9.07. The average molecular weight is 327 g/mol. The average Bonchev–Trinajstić information content (AvgIpc) is 2.57. The van der Waals surface area contributed by atoms with Crippen LogP contribution in [0.2, 0.25) is 0 Å². The van der Waals surface area contributed by atoms with Gasteiger partial charge in [0.05, 0.1) is 0 Å². The second-order valence-electron chi connectivity index (χ2n) is 6.00. The number of amidine groups is 1. The Morgan fingerprint density at radius 3 is 2.00 bits per heavy atom. The first-order valence-electron chi connectivity index (χ1n) is 9.33. The lowest BCUT2D eigenvalue weighted by molar-refractivity contribution is 0.231. The largest absolute Gasteiger partial charge is 0.330 e. The summed E-state index contributed by atoms with van der Waals surface area (Å²) in [5.74, 6) is 0.720. The molecule has 6 N–H and O–H groups in total. The molecule has 0 aliphatic rings. The van der Waals surface area contributed by atoms with Gasteiger partial charge in [0, 0.05) is 13.0 Å². The number of hydroxylamine groups is 1. The maximum absolute atomic E-state index is 9.07. The zero-order valence-electron chi connectivity index (χ0n) is 14.8. The normalized spacial score (nSPS) is 12.2. The molecule has 0 fully saturated rings. The molecule has 0 bridgehead atoms. The molecule has 0 saturated carbocycles. The molecule has 0 rings (SSSR count). The highest BCUT2D eigenvalue weighted by Crippen LogP contribution is 2.07. The van der Waals surface area contributed by atoms with Crippen LogP contribution in [0.1, 0.15) is 77.0 Å². The van der Waals surface area contributed by atoms with Crippen molar-refractivity contribution in [2.45, 2.75) is 77.0 Å². The molecule has 0 atom stereocenters. The molecular formula is C18H38N4O. The van der Waals surface area contributed by atoms with Gasteiger partial charge in [-0.3, -0.25) is 15.7 Å². The molecule has 0 radical (unpaired) electrons. The minimum atomic E-state index is 0.720. The molecule has 0 aliphatic heterocycles. The van der Waals surface area contributed by atoms with Crippen LogP contribution < -0.4 is 16.9 Å². The van der Waals surface area contributed by atoms with Gasteiger partial charge in [0.25, 0.3) is 0 Å². The Hall–Kier alpha value is -0.910. The molecule has 136 valence electrons. The minimum Gasteiger partial charge on any atom is -0.330 e. The number of nitrogens with two attached hydrogens (primary N) is 2. The van der Waals surface area contributed by atoms with E-state index in [9.17, 15) is 0 Å². The molecule has 5 heteroatoms. The lowest BCUT2D eigenvalue weighted by atomic mass is 10.1. The molecule has 0 aromatic heterocycles. The van der Waals surface area contributed by atoms with Crippen molar-refractivity contribution in [3.8, 4) is 0 Å². The number of unbranched alkanes of at least 4 members (excludes halogenated alkanes) is 8. The molecule has 0 unspecified atom stereocenters. The van der Waals surface area contributed by atoms with Gasteiger partial charge in [-0.2, -0.15) is 0 Å². The molecule has 0 aromatic rings. The Balaban J connectivity index is 3.44. The van der Waals surface area contributed by atoms with Crippen LogP contribution in [0, 0.1) is 0 Å². The second kappa shape index (κ2) is 19.1. The van der Waals surface area contributed by atoms with Crippen molar-refractivity contribution in [1.82, 2.24) is 5.48 Å². The summed E-state index contributed by atoms with van der Waals surface area (Å²) < 4.78 is 0. The fourth-order valence-corrected chi connectivity index (χ4v) is 2.37. The summed E-state index contributed by atoms with van der Waals surface area (Å²) in [5.41, 5.74) is 13.1. The van der Waals surface area contributed by atoms with E-state index in [-0.39, 0.29) is 0 Å². The predicted molar refractivity (Wildman–Crippen MR) is 99.9 cm³/mol. The summed E-state index contributed by atoms with van der Waals surface area (Å²) in [6.45, 7) is 2.32. The lowest BCUT2D eigenvalue weighted by Gasteiger charge is -2.05. The first kappa shape index (κ1) is 22.1. The van der Waals surface area contributed by atoms with E-state index in [0.29, 0.717) is 0 Å². The van der Waals surface area contributed by atoms with Crippen LogP contribution in [0.5, 0.6) is 0 Å². The van der Waals surface area contributed by atoms with Crippen LogP contribution in [0.4, 0.5) is 0 Å². The van der Waals surface area contributed by atoms with Gasteiger partial charge in [0.2, 0.25) is 0 Å². The standard InChI is InChI=1S/C18H38N4O/c19-15-11-8-6-4-2-1-3-5-7-10-14-18(22-23)21-17-13-9-12-16-20/h2,4,23H,1,3,5-17,19-20H2,(H,21,22)/b4-2-. The van der Waals surface area contributed by atoms with E-state index in [1.165, 1.54) is 32.1 Å². The first-order valence-corrected chi connectivity index (χ1v) is 9.33. The smallest absolute Gasteiger partial charge is 0.120 e. The Kier molecular flexibility index (Phi) is 18.4. The molecule has 0 saturated heterocycles. The van der Waals surface area contributed by atoms with Gasteiger partial charge in [-0.25, -0.2) is 0 Å². The van der Waals surface area contributed by atoms with Crippen LogP contribution >= 0.6 is 0 Å². The van der Waals surface area contributed by atoms with Crippen LogP contribution in [0.3, 0.4) is 0 Å². The van der Waals surface area contributed by atoms with Crippen LogP contribution in [-0.2, 0) is 0 Å². The van der Waals surface area contributed by atoms with Crippen molar-refractivity contribution < 1.29 is 5.21 Å². The molecule has 0 amide bonds. The fourth-order valence-electron chi connectivity index (χ4n) is 2.37. The third-order valence-corrected chi connectivity index (χ3v) is 3.82. The van der Waals surface area contributed by atoms with E-state index in [1.807, 2.05) is 0 Å². The Morgan fingerprint density at radius 1 is 0.783 bits per heavy atom. The summed E-state index contributed by atoms with van der Waals surface area (Å²) in [6, 6.07) is 0. The number of allylic oxidation sites excluding steroid dienone is 2. The minimum absolute atomic E-state index is 0.720. The van der Waals surface area contributed by atoms with Gasteiger partial charge in [-0.05, 0) is 64.5 Å². The maximum Gasteiger partial charge on any atom is 0.120 e. The molecule has 0 aromatic carbocycles. The third-order valence-electron chi connectivity index (χ3n) is 3.82. The Morgan fingerprint density at radius 2 is 1.35 bits per heavy atom.